The molecule has 2 heterocycles. The molecule has 30 heavy (non-hydrogen) atoms. The predicted octanol–water partition coefficient (Wildman–Crippen LogP) is 3.35. The number of carbonyl (C=O) groups excluding carboxylic acids is 2. The van der Waals surface area contributed by atoms with Crippen LogP contribution in [-0.2, 0) is 9.59 Å². The van der Waals surface area contributed by atoms with Crippen LogP contribution in [0, 0.1) is 12.7 Å². The van der Waals surface area contributed by atoms with E-state index in [0.29, 0.717) is 5.75 Å². The first-order valence-corrected chi connectivity index (χ1v) is 10.4. The lowest BCUT2D eigenvalue weighted by molar-refractivity contribution is -0.139. The number of benzene rings is 2. The summed E-state index contributed by atoms with van der Waals surface area (Å²) in [6.07, 6.45) is 2.48. The van der Waals surface area contributed by atoms with Gasteiger partial charge in [0, 0.05) is 13.1 Å². The summed E-state index contributed by atoms with van der Waals surface area (Å²) in [7, 11) is 0. The molecule has 4 rings (SSSR count). The average molecular weight is 411 g/mol. The van der Waals surface area contributed by atoms with E-state index >= 15 is 0 Å². The predicted molar refractivity (Wildman–Crippen MR) is 113 cm³/mol. The van der Waals surface area contributed by atoms with E-state index < -0.39 is 11.9 Å². The van der Waals surface area contributed by atoms with Gasteiger partial charge in [0.25, 0.3) is 5.91 Å². The lowest BCUT2D eigenvalue weighted by Gasteiger charge is -2.38. The largest absolute Gasteiger partial charge is 0.477 e. The van der Waals surface area contributed by atoms with E-state index in [1.807, 2.05) is 28.0 Å². The molecule has 158 valence electrons. The third-order valence-corrected chi connectivity index (χ3v) is 5.54. The van der Waals surface area contributed by atoms with Gasteiger partial charge in [-0.15, -0.1) is 0 Å². The molecule has 1 atom stereocenters. The van der Waals surface area contributed by atoms with E-state index in [2.05, 4.69) is 5.32 Å². The van der Waals surface area contributed by atoms with Crippen molar-refractivity contribution in [2.24, 2.45) is 0 Å². The molecule has 2 amide bonds. The van der Waals surface area contributed by atoms with Gasteiger partial charge in [-0.3, -0.25) is 9.59 Å². The monoisotopic (exact) mass is 411 g/mol. The molecule has 1 fully saturated rings. The standard InChI is InChI=1S/C23H26FN3O3/c1-16-9-10-18(17(24)13-16)25-22(28)15-27-14-21(23(29)26-11-5-2-6-12-26)30-20-8-4-3-7-19(20)27/h3-4,7-10,13,21H,2,5-6,11-12,14-15H2,1H3,(H,25,28)/t21-/m1/s1. The summed E-state index contributed by atoms with van der Waals surface area (Å²) in [5.41, 5.74) is 1.68. The summed E-state index contributed by atoms with van der Waals surface area (Å²) in [4.78, 5) is 29.3. The highest BCUT2D eigenvalue weighted by Crippen LogP contribution is 2.33. The van der Waals surface area contributed by atoms with Crippen molar-refractivity contribution in [2.45, 2.75) is 32.3 Å². The Hall–Kier alpha value is -3.09. The molecule has 0 unspecified atom stereocenters. The first kappa shape index (κ1) is 20.2. The van der Waals surface area contributed by atoms with Gasteiger partial charge in [-0.25, -0.2) is 4.39 Å². The minimum atomic E-state index is -0.665. The fraction of sp³-hybridized carbons (Fsp3) is 0.391. The summed E-state index contributed by atoms with van der Waals surface area (Å²) in [6.45, 7) is 3.55. The number of para-hydroxylation sites is 2. The van der Waals surface area contributed by atoms with Crippen molar-refractivity contribution in [1.82, 2.24) is 4.90 Å². The molecule has 0 saturated carbocycles. The minimum Gasteiger partial charge on any atom is -0.477 e. The van der Waals surface area contributed by atoms with Crippen molar-refractivity contribution in [3.05, 3.63) is 53.8 Å². The van der Waals surface area contributed by atoms with Crippen LogP contribution in [0.5, 0.6) is 5.75 Å². The first-order chi connectivity index (χ1) is 14.5. The maximum absolute atomic E-state index is 14.1. The summed E-state index contributed by atoms with van der Waals surface area (Å²) in [5.74, 6) is -0.282. The molecular weight excluding hydrogens is 385 g/mol. The molecule has 0 radical (unpaired) electrons. The Labute approximate surface area is 175 Å². The van der Waals surface area contributed by atoms with Crippen LogP contribution < -0.4 is 15.0 Å². The summed E-state index contributed by atoms with van der Waals surface area (Å²) < 4.78 is 20.1. The van der Waals surface area contributed by atoms with Crippen LogP contribution in [0.25, 0.3) is 0 Å². The number of nitrogens with zero attached hydrogens (tertiary/aromatic N) is 2. The molecule has 1 saturated heterocycles. The number of fused-ring (bicyclic) bond motifs is 1. The lowest BCUT2D eigenvalue weighted by Crippen LogP contribution is -2.52. The molecule has 0 bridgehead atoms. The molecule has 6 nitrogen and oxygen atoms in total. The van der Waals surface area contributed by atoms with Crippen molar-refractivity contribution in [3.63, 3.8) is 0 Å². The van der Waals surface area contributed by atoms with Gasteiger partial charge >= 0.3 is 0 Å². The summed E-state index contributed by atoms with van der Waals surface area (Å²) in [6, 6.07) is 12.0. The third-order valence-electron chi connectivity index (χ3n) is 5.54. The topological polar surface area (TPSA) is 61.9 Å². The number of piperidine rings is 1. The Bertz CT molecular complexity index is 943. The third kappa shape index (κ3) is 4.40. The molecule has 0 aromatic heterocycles. The van der Waals surface area contributed by atoms with E-state index in [-0.39, 0.29) is 30.6 Å². The van der Waals surface area contributed by atoms with Gasteiger partial charge in [0.05, 0.1) is 24.5 Å². The fourth-order valence-electron chi connectivity index (χ4n) is 3.99. The number of amides is 2. The van der Waals surface area contributed by atoms with Crippen LogP contribution in [0.4, 0.5) is 15.8 Å². The van der Waals surface area contributed by atoms with Crippen LogP contribution >= 0.6 is 0 Å². The number of aryl methyl sites for hydroxylation is 1. The SMILES string of the molecule is Cc1ccc(NC(=O)CN2C[C@H](C(=O)N3CCCCC3)Oc3ccccc32)c(F)c1. The van der Waals surface area contributed by atoms with E-state index in [9.17, 15) is 14.0 Å². The number of likely N-dealkylation sites (tertiary alicyclic amines) is 1. The number of halogens is 1. The average Bonchev–Trinajstić information content (AvgIpc) is 2.75. The van der Waals surface area contributed by atoms with E-state index in [1.54, 1.807) is 25.1 Å². The van der Waals surface area contributed by atoms with Crippen LogP contribution in [0.2, 0.25) is 0 Å². The Kier molecular flexibility index (Phi) is 5.88. The highest BCUT2D eigenvalue weighted by molar-refractivity contribution is 5.95. The van der Waals surface area contributed by atoms with Gasteiger partial charge in [-0.2, -0.15) is 0 Å². The van der Waals surface area contributed by atoms with Crippen molar-refractivity contribution < 1.29 is 18.7 Å². The second-order valence-corrected chi connectivity index (χ2v) is 7.87. The zero-order valence-electron chi connectivity index (χ0n) is 17.1. The zero-order valence-corrected chi connectivity index (χ0v) is 17.1. The first-order valence-electron chi connectivity index (χ1n) is 10.4. The number of hydrogen-bond acceptors (Lipinski definition) is 4. The molecule has 2 aromatic rings. The number of nitrogens with one attached hydrogen (secondary N) is 1. The van der Waals surface area contributed by atoms with Gasteiger partial charge in [0.1, 0.15) is 11.6 Å². The molecule has 2 aliphatic heterocycles. The van der Waals surface area contributed by atoms with Gasteiger partial charge in [0.15, 0.2) is 6.10 Å². The second-order valence-electron chi connectivity index (χ2n) is 7.87. The Morgan fingerprint density at radius 2 is 1.90 bits per heavy atom. The minimum absolute atomic E-state index is 0.00251. The van der Waals surface area contributed by atoms with Gasteiger partial charge in [0.2, 0.25) is 5.91 Å². The van der Waals surface area contributed by atoms with Gasteiger partial charge in [-0.1, -0.05) is 18.2 Å². The Morgan fingerprint density at radius 1 is 1.13 bits per heavy atom. The lowest BCUT2D eigenvalue weighted by atomic mass is 10.1. The molecule has 2 aromatic carbocycles. The number of hydrogen-bond donors (Lipinski definition) is 1. The van der Waals surface area contributed by atoms with Crippen molar-refractivity contribution in [1.29, 1.82) is 0 Å². The molecule has 2 aliphatic rings. The van der Waals surface area contributed by atoms with Crippen LogP contribution in [-0.4, -0.2) is 49.0 Å². The highest BCUT2D eigenvalue weighted by Gasteiger charge is 2.34. The zero-order chi connectivity index (χ0) is 21.1. The molecule has 1 N–H and O–H groups in total. The smallest absolute Gasteiger partial charge is 0.265 e. The van der Waals surface area contributed by atoms with Crippen molar-refractivity contribution in [3.8, 4) is 5.75 Å². The van der Waals surface area contributed by atoms with Crippen LogP contribution in [0.3, 0.4) is 0 Å². The van der Waals surface area contributed by atoms with Gasteiger partial charge < -0.3 is 19.9 Å². The van der Waals surface area contributed by atoms with Crippen LogP contribution in [0.1, 0.15) is 24.8 Å². The second kappa shape index (κ2) is 8.73. The number of carbonyl (C=O) groups is 2. The Balaban J connectivity index is 1.49. The van der Waals surface area contributed by atoms with E-state index in [0.717, 1.165) is 43.6 Å². The Morgan fingerprint density at radius 3 is 2.67 bits per heavy atom. The number of ether oxygens (including phenoxy) is 1. The van der Waals surface area contributed by atoms with Gasteiger partial charge in [-0.05, 0) is 56.0 Å². The molecule has 7 heteroatoms. The van der Waals surface area contributed by atoms with Crippen molar-refractivity contribution in [2.75, 3.05) is 36.4 Å². The molecular formula is C23H26FN3O3. The van der Waals surface area contributed by atoms with E-state index in [4.69, 9.17) is 4.74 Å². The maximum Gasteiger partial charge on any atom is 0.265 e. The van der Waals surface area contributed by atoms with E-state index in [1.165, 1.54) is 6.07 Å². The number of rotatable bonds is 4. The quantitative estimate of drug-likeness (QED) is 0.838. The maximum atomic E-state index is 14.1. The summed E-state index contributed by atoms with van der Waals surface area (Å²) in [5, 5.41) is 2.63. The van der Waals surface area contributed by atoms with Crippen LogP contribution in [0.15, 0.2) is 42.5 Å². The normalized spacial score (nSPS) is 18.4. The molecule has 0 spiro atoms. The molecule has 0 aliphatic carbocycles. The summed E-state index contributed by atoms with van der Waals surface area (Å²) >= 11 is 0. The fourth-order valence-corrected chi connectivity index (χ4v) is 3.99. The number of anilines is 2. The highest BCUT2D eigenvalue weighted by atomic mass is 19.1. The van der Waals surface area contributed by atoms with Crippen molar-refractivity contribution >= 4 is 23.2 Å².